The Kier molecular flexibility index (Phi) is 4.70. The molecule has 1 aromatic heterocycles. The summed E-state index contributed by atoms with van der Waals surface area (Å²) in [7, 11) is 0. The van der Waals surface area contributed by atoms with Crippen molar-refractivity contribution >= 4 is 5.97 Å². The maximum atomic E-state index is 11.9. The molecule has 18 heavy (non-hydrogen) atoms. The van der Waals surface area contributed by atoms with E-state index in [2.05, 4.69) is 6.92 Å². The first-order chi connectivity index (χ1) is 8.38. The fourth-order valence-electron chi connectivity index (χ4n) is 2.01. The van der Waals surface area contributed by atoms with Crippen LogP contribution in [0.5, 0.6) is 0 Å². The molecule has 4 nitrogen and oxygen atoms in total. The third-order valence-corrected chi connectivity index (χ3v) is 2.77. The number of esters is 1. The first-order valence-corrected chi connectivity index (χ1v) is 6.30. The average Bonchev–Trinajstić information content (AvgIpc) is 2.22. The largest absolute Gasteiger partial charge is 0.459 e. The van der Waals surface area contributed by atoms with Gasteiger partial charge in [0.15, 0.2) is 5.43 Å². The lowest BCUT2D eigenvalue weighted by molar-refractivity contribution is 0.0374. The Morgan fingerprint density at radius 3 is 2.50 bits per heavy atom. The Bertz CT molecular complexity index is 500. The summed E-state index contributed by atoms with van der Waals surface area (Å²) < 4.78 is 7.10. The van der Waals surface area contributed by atoms with Crippen molar-refractivity contribution in [1.82, 2.24) is 4.57 Å². The van der Waals surface area contributed by atoms with E-state index < -0.39 is 5.97 Å². The van der Waals surface area contributed by atoms with E-state index in [-0.39, 0.29) is 17.1 Å². The third-order valence-electron chi connectivity index (χ3n) is 2.77. The molecule has 0 atom stereocenters. The van der Waals surface area contributed by atoms with Crippen molar-refractivity contribution < 1.29 is 9.53 Å². The lowest BCUT2D eigenvalue weighted by Gasteiger charge is -2.17. The van der Waals surface area contributed by atoms with Gasteiger partial charge in [0.05, 0.1) is 6.10 Å². The molecule has 0 bridgehead atoms. The van der Waals surface area contributed by atoms with Crippen LogP contribution in [0.4, 0.5) is 0 Å². The maximum absolute atomic E-state index is 11.9. The van der Waals surface area contributed by atoms with Gasteiger partial charge in [-0.1, -0.05) is 6.92 Å². The molecule has 0 radical (unpaired) electrons. The minimum absolute atomic E-state index is 0.155. The second kappa shape index (κ2) is 5.85. The first-order valence-electron chi connectivity index (χ1n) is 6.30. The zero-order chi connectivity index (χ0) is 13.9. The van der Waals surface area contributed by atoms with Gasteiger partial charge in [-0.05, 0) is 34.1 Å². The van der Waals surface area contributed by atoms with Crippen LogP contribution < -0.4 is 5.43 Å². The normalized spacial score (nSPS) is 10.8. The number of hydrogen-bond donors (Lipinski definition) is 0. The summed E-state index contributed by atoms with van der Waals surface area (Å²) in [6.45, 7) is 10.1. The molecular weight excluding hydrogens is 230 g/mol. The van der Waals surface area contributed by atoms with Crippen LogP contribution in [0, 0.1) is 13.8 Å². The SMILES string of the molecule is CCCn1c(C)cc(=O)c(C(=O)OC(C)C)c1C. The predicted molar refractivity (Wildman–Crippen MR) is 71.0 cm³/mol. The van der Waals surface area contributed by atoms with Gasteiger partial charge in [0.25, 0.3) is 0 Å². The van der Waals surface area contributed by atoms with Gasteiger partial charge in [-0.2, -0.15) is 0 Å². The molecule has 0 saturated carbocycles. The Morgan fingerprint density at radius 2 is 2.00 bits per heavy atom. The minimum Gasteiger partial charge on any atom is -0.459 e. The number of ether oxygens (including phenoxy) is 1. The summed E-state index contributed by atoms with van der Waals surface area (Å²) in [5.41, 5.74) is 1.46. The van der Waals surface area contributed by atoms with E-state index in [4.69, 9.17) is 4.74 Å². The molecule has 1 heterocycles. The molecule has 0 fully saturated rings. The van der Waals surface area contributed by atoms with E-state index in [0.29, 0.717) is 5.69 Å². The van der Waals surface area contributed by atoms with E-state index in [1.54, 1.807) is 20.8 Å². The van der Waals surface area contributed by atoms with E-state index in [1.807, 2.05) is 11.5 Å². The summed E-state index contributed by atoms with van der Waals surface area (Å²) in [5, 5.41) is 0. The minimum atomic E-state index is -0.530. The Morgan fingerprint density at radius 1 is 1.39 bits per heavy atom. The lowest BCUT2D eigenvalue weighted by Crippen LogP contribution is -2.26. The molecule has 1 rings (SSSR count). The molecule has 0 amide bonds. The molecule has 1 aromatic rings. The number of nitrogens with zero attached hydrogens (tertiary/aromatic N) is 1. The zero-order valence-electron chi connectivity index (χ0n) is 11.7. The first kappa shape index (κ1) is 14.5. The van der Waals surface area contributed by atoms with Crippen molar-refractivity contribution in [1.29, 1.82) is 0 Å². The van der Waals surface area contributed by atoms with Gasteiger partial charge < -0.3 is 9.30 Å². The summed E-state index contributed by atoms with van der Waals surface area (Å²) in [6.07, 6.45) is 0.723. The van der Waals surface area contributed by atoms with Gasteiger partial charge in [-0.25, -0.2) is 4.79 Å². The number of hydrogen-bond acceptors (Lipinski definition) is 3. The van der Waals surface area contributed by atoms with Crippen LogP contribution in [0.3, 0.4) is 0 Å². The third kappa shape index (κ3) is 3.00. The molecule has 100 valence electrons. The highest BCUT2D eigenvalue weighted by Gasteiger charge is 2.19. The highest BCUT2D eigenvalue weighted by Crippen LogP contribution is 2.10. The van der Waals surface area contributed by atoms with Crippen molar-refractivity contribution in [2.75, 3.05) is 0 Å². The van der Waals surface area contributed by atoms with Gasteiger partial charge in [0, 0.05) is 24.0 Å². The average molecular weight is 251 g/mol. The summed E-state index contributed by atoms with van der Waals surface area (Å²) in [5.74, 6) is -0.530. The van der Waals surface area contributed by atoms with Gasteiger partial charge >= 0.3 is 5.97 Å². The summed E-state index contributed by atoms with van der Waals surface area (Å²) in [6, 6.07) is 1.50. The lowest BCUT2D eigenvalue weighted by atomic mass is 10.1. The Balaban J connectivity index is 3.31. The topological polar surface area (TPSA) is 48.3 Å². The molecule has 0 unspecified atom stereocenters. The van der Waals surface area contributed by atoms with Crippen LogP contribution >= 0.6 is 0 Å². The van der Waals surface area contributed by atoms with Crippen LogP contribution in [0.1, 0.15) is 48.9 Å². The fraction of sp³-hybridized carbons (Fsp3) is 0.571. The van der Waals surface area contributed by atoms with Crippen molar-refractivity contribution in [2.45, 2.75) is 53.7 Å². The molecule has 0 N–H and O–H groups in total. The van der Waals surface area contributed by atoms with Gasteiger partial charge in [-0.3, -0.25) is 4.79 Å². The van der Waals surface area contributed by atoms with Crippen LogP contribution in [-0.4, -0.2) is 16.6 Å². The summed E-state index contributed by atoms with van der Waals surface area (Å²) >= 11 is 0. The van der Waals surface area contributed by atoms with Gasteiger partial charge in [0.2, 0.25) is 0 Å². The number of aryl methyl sites for hydroxylation is 1. The quantitative estimate of drug-likeness (QED) is 0.772. The molecule has 0 aliphatic heterocycles. The van der Waals surface area contributed by atoms with E-state index in [9.17, 15) is 9.59 Å². The van der Waals surface area contributed by atoms with E-state index in [1.165, 1.54) is 6.07 Å². The standard InChI is InChI=1S/C14H21NO3/c1-6-7-15-10(4)8-12(16)13(11(15)5)14(17)18-9(2)3/h8-9H,6-7H2,1-5H3. The number of aromatic nitrogens is 1. The van der Waals surface area contributed by atoms with Crippen LogP contribution in [-0.2, 0) is 11.3 Å². The van der Waals surface area contributed by atoms with Crippen molar-refractivity contribution in [3.05, 3.63) is 33.2 Å². The second-order valence-electron chi connectivity index (χ2n) is 4.72. The Labute approximate surface area is 108 Å². The number of rotatable bonds is 4. The molecule has 0 spiro atoms. The van der Waals surface area contributed by atoms with Crippen LogP contribution in [0.2, 0.25) is 0 Å². The second-order valence-corrected chi connectivity index (χ2v) is 4.72. The van der Waals surface area contributed by atoms with Crippen molar-refractivity contribution in [3.8, 4) is 0 Å². The molecular formula is C14H21NO3. The highest BCUT2D eigenvalue weighted by atomic mass is 16.5. The van der Waals surface area contributed by atoms with Crippen molar-refractivity contribution in [2.24, 2.45) is 0 Å². The molecule has 0 saturated heterocycles. The monoisotopic (exact) mass is 251 g/mol. The number of carbonyl (C=O) groups is 1. The molecule has 0 aliphatic carbocycles. The summed E-state index contributed by atoms with van der Waals surface area (Å²) in [4.78, 5) is 23.9. The number of carbonyl (C=O) groups excluding carboxylic acids is 1. The molecule has 0 aromatic carbocycles. The fourth-order valence-corrected chi connectivity index (χ4v) is 2.01. The zero-order valence-corrected chi connectivity index (χ0v) is 11.7. The molecule has 0 aliphatic rings. The van der Waals surface area contributed by atoms with Crippen LogP contribution in [0.25, 0.3) is 0 Å². The maximum Gasteiger partial charge on any atom is 0.344 e. The highest BCUT2D eigenvalue weighted by molar-refractivity contribution is 5.90. The molecule has 4 heteroatoms. The Hall–Kier alpha value is -1.58. The van der Waals surface area contributed by atoms with Crippen molar-refractivity contribution in [3.63, 3.8) is 0 Å². The smallest absolute Gasteiger partial charge is 0.344 e. The predicted octanol–water partition coefficient (Wildman–Crippen LogP) is 2.44. The van der Waals surface area contributed by atoms with Gasteiger partial charge in [0.1, 0.15) is 5.56 Å². The van der Waals surface area contributed by atoms with E-state index in [0.717, 1.165) is 18.7 Å². The van der Waals surface area contributed by atoms with Gasteiger partial charge in [-0.15, -0.1) is 0 Å². The van der Waals surface area contributed by atoms with E-state index >= 15 is 0 Å². The van der Waals surface area contributed by atoms with Crippen LogP contribution in [0.15, 0.2) is 10.9 Å². The number of pyridine rings is 1.